The first-order valence-electron chi connectivity index (χ1n) is 13.1. The summed E-state index contributed by atoms with van der Waals surface area (Å²) in [6.45, 7) is 2.49. The first-order chi connectivity index (χ1) is 19.1. The molecule has 2 fully saturated rings. The number of pyridine rings is 1. The molecular formula is C29H30F3N5O2S. The van der Waals surface area contributed by atoms with Gasteiger partial charge in [0.25, 0.3) is 0 Å². The maximum atomic E-state index is 13.9. The lowest BCUT2D eigenvalue weighted by Gasteiger charge is -2.42. The standard InChI is InChI=1S/C29H30F3N5O2S/c1-36-11-7-22(18-36)35-27(38)28(21-3-5-24(34-17-21)23-8-14-40-26(23)39-2)9-12-37(13-10-28)25-6-4-20(29(30,31)32)15-19(25)16-33/h3-6,8,14-15,17,22H,7,9-13,18H2,1-2H3,(H,35,38)/t22-/m0/s1. The van der Waals surface area contributed by atoms with Gasteiger partial charge in [-0.2, -0.15) is 18.4 Å². The van der Waals surface area contributed by atoms with Gasteiger partial charge in [0.2, 0.25) is 5.91 Å². The molecular weight excluding hydrogens is 539 g/mol. The molecule has 0 unspecified atom stereocenters. The Labute approximate surface area is 235 Å². The molecule has 0 spiro atoms. The van der Waals surface area contributed by atoms with Crippen molar-refractivity contribution >= 4 is 22.9 Å². The van der Waals surface area contributed by atoms with Gasteiger partial charge in [-0.3, -0.25) is 9.78 Å². The number of piperidine rings is 1. The first kappa shape index (κ1) is 27.9. The predicted molar refractivity (Wildman–Crippen MR) is 147 cm³/mol. The van der Waals surface area contributed by atoms with Crippen molar-refractivity contribution in [3.63, 3.8) is 0 Å². The van der Waals surface area contributed by atoms with Crippen LogP contribution in [0.4, 0.5) is 18.9 Å². The second-order valence-corrected chi connectivity index (χ2v) is 11.3. The molecule has 2 aromatic heterocycles. The molecule has 40 heavy (non-hydrogen) atoms. The largest absolute Gasteiger partial charge is 0.487 e. The Hall–Kier alpha value is -3.62. The van der Waals surface area contributed by atoms with E-state index in [1.54, 1.807) is 13.3 Å². The quantitative estimate of drug-likeness (QED) is 0.447. The molecule has 1 atom stereocenters. The smallest absolute Gasteiger partial charge is 0.416 e. The minimum absolute atomic E-state index is 0.0310. The zero-order valence-electron chi connectivity index (χ0n) is 22.3. The van der Waals surface area contributed by atoms with E-state index in [0.29, 0.717) is 31.6 Å². The molecule has 1 amide bonds. The zero-order valence-corrected chi connectivity index (χ0v) is 23.1. The number of carbonyl (C=O) groups is 1. The number of hydrogen-bond donors (Lipinski definition) is 1. The Morgan fingerprint density at radius 1 is 1.20 bits per heavy atom. The number of likely N-dealkylation sites (N-methyl/N-ethyl adjacent to an activating group) is 1. The Morgan fingerprint density at radius 3 is 2.58 bits per heavy atom. The average Bonchev–Trinajstić information content (AvgIpc) is 3.61. The van der Waals surface area contributed by atoms with E-state index in [1.807, 2.05) is 41.6 Å². The van der Waals surface area contributed by atoms with Crippen molar-refractivity contribution in [1.82, 2.24) is 15.2 Å². The van der Waals surface area contributed by atoms with E-state index in [-0.39, 0.29) is 17.5 Å². The Kier molecular flexibility index (Phi) is 7.75. The molecule has 7 nitrogen and oxygen atoms in total. The highest BCUT2D eigenvalue weighted by atomic mass is 32.1. The molecule has 0 aliphatic carbocycles. The van der Waals surface area contributed by atoms with E-state index in [0.717, 1.165) is 53.5 Å². The van der Waals surface area contributed by atoms with Crippen molar-refractivity contribution in [3.05, 3.63) is 64.7 Å². The third-order valence-electron chi connectivity index (χ3n) is 7.97. The highest BCUT2D eigenvalue weighted by molar-refractivity contribution is 7.12. The number of aromatic nitrogens is 1. The number of amides is 1. The number of carbonyl (C=O) groups excluding carboxylic acids is 1. The Bertz CT molecular complexity index is 1410. The summed E-state index contributed by atoms with van der Waals surface area (Å²) >= 11 is 1.48. The molecule has 11 heteroatoms. The van der Waals surface area contributed by atoms with Crippen molar-refractivity contribution in [2.24, 2.45) is 0 Å². The predicted octanol–water partition coefficient (Wildman–Crippen LogP) is 5.07. The first-order valence-corrected chi connectivity index (χ1v) is 14.0. The van der Waals surface area contributed by atoms with E-state index < -0.39 is 17.2 Å². The number of methoxy groups -OCH3 is 1. The lowest BCUT2D eigenvalue weighted by molar-refractivity contribution is -0.137. The van der Waals surface area contributed by atoms with E-state index in [1.165, 1.54) is 17.4 Å². The third-order valence-corrected chi connectivity index (χ3v) is 8.84. The summed E-state index contributed by atoms with van der Waals surface area (Å²) < 4.78 is 45.1. The van der Waals surface area contributed by atoms with Gasteiger partial charge in [-0.05, 0) is 74.1 Å². The zero-order chi connectivity index (χ0) is 28.5. The van der Waals surface area contributed by atoms with Gasteiger partial charge in [0.05, 0.1) is 40.6 Å². The van der Waals surface area contributed by atoms with Crippen LogP contribution < -0.4 is 15.0 Å². The SMILES string of the molecule is COc1sccc1-c1ccc(C2(C(=O)N[C@H]3CCN(C)C3)CCN(c3ccc(C(F)(F)F)cc3C#N)CC2)cn1. The lowest BCUT2D eigenvalue weighted by Crippen LogP contribution is -2.54. The summed E-state index contributed by atoms with van der Waals surface area (Å²) in [6.07, 6.45) is -1.05. The summed E-state index contributed by atoms with van der Waals surface area (Å²) in [4.78, 5) is 22.7. The number of anilines is 1. The van der Waals surface area contributed by atoms with Crippen LogP contribution in [0.25, 0.3) is 11.3 Å². The number of thiophene rings is 1. The molecule has 3 aromatic rings. The Balaban J connectivity index is 1.43. The number of nitriles is 1. The van der Waals surface area contributed by atoms with Gasteiger partial charge in [-0.1, -0.05) is 6.07 Å². The number of likely N-dealkylation sites (tertiary alicyclic amines) is 1. The monoisotopic (exact) mass is 569 g/mol. The van der Waals surface area contributed by atoms with Crippen LogP contribution in [0.15, 0.2) is 48.0 Å². The van der Waals surface area contributed by atoms with Crippen LogP contribution >= 0.6 is 11.3 Å². The second-order valence-electron chi connectivity index (χ2n) is 10.4. The number of halogens is 3. The van der Waals surface area contributed by atoms with Gasteiger partial charge < -0.3 is 19.9 Å². The Morgan fingerprint density at radius 2 is 1.98 bits per heavy atom. The van der Waals surface area contributed by atoms with Crippen LogP contribution in [0.5, 0.6) is 5.06 Å². The summed E-state index contributed by atoms with van der Waals surface area (Å²) in [7, 11) is 3.64. The topological polar surface area (TPSA) is 81.5 Å². The number of hydrogen-bond acceptors (Lipinski definition) is 7. The van der Waals surface area contributed by atoms with Gasteiger partial charge in [0, 0.05) is 31.9 Å². The van der Waals surface area contributed by atoms with Crippen molar-refractivity contribution in [2.75, 3.05) is 45.2 Å². The van der Waals surface area contributed by atoms with Crippen molar-refractivity contribution in [1.29, 1.82) is 5.26 Å². The fraction of sp³-hybridized carbons (Fsp3) is 0.414. The van der Waals surface area contributed by atoms with Crippen LogP contribution in [0.2, 0.25) is 0 Å². The molecule has 1 aromatic carbocycles. The molecule has 2 aliphatic rings. The van der Waals surface area contributed by atoms with Crippen molar-refractivity contribution < 1.29 is 22.7 Å². The maximum absolute atomic E-state index is 13.9. The summed E-state index contributed by atoms with van der Waals surface area (Å²) in [5.41, 5.74) is 1.12. The molecule has 210 valence electrons. The molecule has 0 radical (unpaired) electrons. The van der Waals surface area contributed by atoms with Crippen LogP contribution in [0.3, 0.4) is 0 Å². The number of ether oxygens (including phenoxy) is 1. The van der Waals surface area contributed by atoms with Crippen LogP contribution in [0, 0.1) is 11.3 Å². The molecule has 5 rings (SSSR count). The van der Waals surface area contributed by atoms with Gasteiger partial charge >= 0.3 is 6.18 Å². The minimum Gasteiger partial charge on any atom is -0.487 e. The lowest BCUT2D eigenvalue weighted by atomic mass is 9.72. The highest BCUT2D eigenvalue weighted by Crippen LogP contribution is 2.41. The van der Waals surface area contributed by atoms with Crippen LogP contribution in [-0.4, -0.2) is 62.2 Å². The van der Waals surface area contributed by atoms with Gasteiger partial charge in [0.1, 0.15) is 6.07 Å². The van der Waals surface area contributed by atoms with E-state index >= 15 is 0 Å². The number of nitrogens with one attached hydrogen (secondary N) is 1. The maximum Gasteiger partial charge on any atom is 0.416 e. The van der Waals surface area contributed by atoms with Crippen LogP contribution in [-0.2, 0) is 16.4 Å². The van der Waals surface area contributed by atoms with Crippen molar-refractivity contribution in [3.8, 4) is 22.4 Å². The van der Waals surface area contributed by atoms with Gasteiger partial charge in [0.15, 0.2) is 5.06 Å². The van der Waals surface area contributed by atoms with E-state index in [2.05, 4.69) is 15.2 Å². The van der Waals surface area contributed by atoms with Crippen molar-refractivity contribution in [2.45, 2.75) is 36.9 Å². The fourth-order valence-electron chi connectivity index (χ4n) is 5.71. The van der Waals surface area contributed by atoms with Gasteiger partial charge in [-0.15, -0.1) is 11.3 Å². The molecule has 1 N–H and O–H groups in total. The minimum atomic E-state index is -4.53. The number of rotatable bonds is 6. The average molecular weight is 570 g/mol. The molecule has 0 saturated carbocycles. The van der Waals surface area contributed by atoms with Gasteiger partial charge in [-0.25, -0.2) is 0 Å². The fourth-order valence-corrected chi connectivity index (χ4v) is 6.43. The molecule has 2 aliphatic heterocycles. The molecule has 2 saturated heterocycles. The second kappa shape index (κ2) is 11.1. The summed E-state index contributed by atoms with van der Waals surface area (Å²) in [5, 5.41) is 15.6. The molecule has 0 bridgehead atoms. The van der Waals surface area contributed by atoms with E-state index in [4.69, 9.17) is 4.74 Å². The summed E-state index contributed by atoms with van der Waals surface area (Å²) in [5.74, 6) is -0.0666. The highest BCUT2D eigenvalue weighted by Gasteiger charge is 2.44. The summed E-state index contributed by atoms with van der Waals surface area (Å²) in [6, 6.07) is 11.0. The normalized spacial score (nSPS) is 19.3. The van der Waals surface area contributed by atoms with Crippen LogP contribution in [0.1, 0.15) is 36.0 Å². The third kappa shape index (κ3) is 5.38. The number of nitrogens with zero attached hydrogens (tertiary/aromatic N) is 4. The number of alkyl halides is 3. The van der Waals surface area contributed by atoms with E-state index in [9.17, 15) is 23.2 Å². The molecule has 4 heterocycles. The number of benzene rings is 1.